The number of hydrogen-bond acceptors (Lipinski definition) is 4. The number of nitrogens with zero attached hydrogens (tertiary/aromatic N) is 4. The summed E-state index contributed by atoms with van der Waals surface area (Å²) >= 11 is 0. The fourth-order valence-corrected chi connectivity index (χ4v) is 0.946. The first kappa shape index (κ1) is 7.60. The Labute approximate surface area is 74.0 Å². The summed E-state index contributed by atoms with van der Waals surface area (Å²) in [6.07, 6.45) is 5.51. The van der Waals surface area contributed by atoms with Crippen molar-refractivity contribution in [1.82, 2.24) is 20.0 Å². The first-order valence-electron chi connectivity index (χ1n) is 3.68. The van der Waals surface area contributed by atoms with Gasteiger partial charge in [-0.2, -0.15) is 0 Å². The molecule has 0 aliphatic carbocycles. The van der Waals surface area contributed by atoms with E-state index in [0.717, 1.165) is 5.69 Å². The predicted molar refractivity (Wildman–Crippen MR) is 44.5 cm³/mol. The van der Waals surface area contributed by atoms with E-state index in [9.17, 15) is 4.79 Å². The van der Waals surface area contributed by atoms with Gasteiger partial charge in [0.05, 0.1) is 18.1 Å². The Morgan fingerprint density at radius 2 is 2.38 bits per heavy atom. The van der Waals surface area contributed by atoms with E-state index in [-0.39, 0.29) is 0 Å². The zero-order valence-electron chi connectivity index (χ0n) is 6.66. The third-order valence-corrected chi connectivity index (χ3v) is 1.54. The van der Waals surface area contributed by atoms with Gasteiger partial charge >= 0.3 is 0 Å². The molecule has 0 N–H and O–H groups in total. The quantitative estimate of drug-likeness (QED) is 0.621. The third kappa shape index (κ3) is 1.44. The Morgan fingerprint density at radius 3 is 3.00 bits per heavy atom. The molecule has 13 heavy (non-hydrogen) atoms. The van der Waals surface area contributed by atoms with E-state index in [1.54, 1.807) is 24.7 Å². The highest BCUT2D eigenvalue weighted by atomic mass is 16.1. The van der Waals surface area contributed by atoms with Crippen LogP contribution in [0.4, 0.5) is 0 Å². The summed E-state index contributed by atoms with van der Waals surface area (Å²) in [5.74, 6) is 0. The van der Waals surface area contributed by atoms with Crippen molar-refractivity contribution >= 4 is 6.29 Å². The average Bonchev–Trinajstić information content (AvgIpc) is 2.67. The first-order valence-corrected chi connectivity index (χ1v) is 3.68. The third-order valence-electron chi connectivity index (χ3n) is 1.54. The zero-order chi connectivity index (χ0) is 9.10. The fourth-order valence-electron chi connectivity index (χ4n) is 0.946. The van der Waals surface area contributed by atoms with Crippen LogP contribution in [-0.2, 0) is 0 Å². The van der Waals surface area contributed by atoms with Crippen LogP contribution in [0.25, 0.3) is 5.69 Å². The van der Waals surface area contributed by atoms with Gasteiger partial charge in [0, 0.05) is 6.20 Å². The van der Waals surface area contributed by atoms with Crippen LogP contribution in [-0.4, -0.2) is 26.3 Å². The van der Waals surface area contributed by atoms with Crippen molar-refractivity contribution < 1.29 is 4.79 Å². The fraction of sp³-hybridized carbons (Fsp3) is 0. The van der Waals surface area contributed by atoms with Crippen molar-refractivity contribution in [2.75, 3.05) is 0 Å². The van der Waals surface area contributed by atoms with Gasteiger partial charge in [0.15, 0.2) is 6.29 Å². The van der Waals surface area contributed by atoms with Crippen LogP contribution in [0.3, 0.4) is 0 Å². The van der Waals surface area contributed by atoms with Crippen LogP contribution in [0, 0.1) is 0 Å². The molecule has 0 saturated heterocycles. The van der Waals surface area contributed by atoms with E-state index in [1.807, 2.05) is 6.07 Å². The highest BCUT2D eigenvalue weighted by Crippen LogP contribution is 2.02. The summed E-state index contributed by atoms with van der Waals surface area (Å²) in [7, 11) is 0. The number of carbonyl (C=O) groups is 1. The molecular weight excluding hydrogens is 168 g/mol. The van der Waals surface area contributed by atoms with E-state index in [4.69, 9.17) is 0 Å². The Kier molecular flexibility index (Phi) is 1.84. The number of aromatic nitrogens is 4. The molecule has 0 aliphatic rings. The van der Waals surface area contributed by atoms with E-state index in [0.29, 0.717) is 12.0 Å². The Bertz CT molecular complexity index is 409. The van der Waals surface area contributed by atoms with Gasteiger partial charge in [-0.15, -0.1) is 5.10 Å². The van der Waals surface area contributed by atoms with Gasteiger partial charge in [-0.05, 0) is 12.1 Å². The molecule has 0 fully saturated rings. The second-order valence-corrected chi connectivity index (χ2v) is 2.42. The maximum absolute atomic E-state index is 10.3. The lowest BCUT2D eigenvalue weighted by Crippen LogP contribution is -1.94. The van der Waals surface area contributed by atoms with Crippen molar-refractivity contribution in [3.05, 3.63) is 36.4 Å². The normalized spacial score (nSPS) is 9.85. The van der Waals surface area contributed by atoms with Crippen LogP contribution in [0.1, 0.15) is 10.5 Å². The van der Waals surface area contributed by atoms with E-state index in [1.165, 1.54) is 4.68 Å². The number of rotatable bonds is 2. The molecule has 0 bridgehead atoms. The number of aldehydes is 1. The Morgan fingerprint density at radius 1 is 1.46 bits per heavy atom. The van der Waals surface area contributed by atoms with Gasteiger partial charge in [0.25, 0.3) is 0 Å². The van der Waals surface area contributed by atoms with Crippen LogP contribution < -0.4 is 0 Å². The monoisotopic (exact) mass is 174 g/mol. The zero-order valence-corrected chi connectivity index (χ0v) is 6.66. The average molecular weight is 174 g/mol. The van der Waals surface area contributed by atoms with Crippen LogP contribution >= 0.6 is 0 Å². The maximum atomic E-state index is 10.3. The van der Waals surface area contributed by atoms with Crippen LogP contribution in [0.5, 0.6) is 0 Å². The molecule has 2 heterocycles. The lowest BCUT2D eigenvalue weighted by atomic mass is 10.4. The lowest BCUT2D eigenvalue weighted by molar-refractivity contribution is 0.111. The van der Waals surface area contributed by atoms with Gasteiger partial charge < -0.3 is 0 Å². The molecule has 5 nitrogen and oxygen atoms in total. The molecule has 2 aromatic rings. The van der Waals surface area contributed by atoms with Gasteiger partial charge in [0.2, 0.25) is 0 Å². The van der Waals surface area contributed by atoms with Gasteiger partial charge in [-0.25, -0.2) is 4.68 Å². The molecule has 0 aromatic carbocycles. The van der Waals surface area contributed by atoms with Gasteiger partial charge in [0.1, 0.15) is 5.69 Å². The second kappa shape index (κ2) is 3.14. The summed E-state index contributed by atoms with van der Waals surface area (Å²) in [6.45, 7) is 0. The minimum atomic E-state index is 0.309. The number of pyridine rings is 1. The molecule has 2 rings (SSSR count). The molecule has 0 radical (unpaired) electrons. The van der Waals surface area contributed by atoms with Crippen molar-refractivity contribution in [1.29, 1.82) is 0 Å². The largest absolute Gasteiger partial charge is 0.296 e. The summed E-state index contributed by atoms with van der Waals surface area (Å²) in [5, 5.41) is 7.38. The summed E-state index contributed by atoms with van der Waals surface area (Å²) < 4.78 is 1.50. The molecule has 64 valence electrons. The molecule has 0 atom stereocenters. The van der Waals surface area contributed by atoms with Gasteiger partial charge in [-0.3, -0.25) is 9.78 Å². The van der Waals surface area contributed by atoms with Crippen molar-refractivity contribution in [2.24, 2.45) is 0 Å². The molecule has 2 aromatic heterocycles. The lowest BCUT2D eigenvalue weighted by Gasteiger charge is -1.95. The second-order valence-electron chi connectivity index (χ2n) is 2.42. The van der Waals surface area contributed by atoms with Crippen molar-refractivity contribution in [3.63, 3.8) is 0 Å². The molecule has 0 amide bonds. The van der Waals surface area contributed by atoms with Crippen molar-refractivity contribution in [3.8, 4) is 5.69 Å². The minimum absolute atomic E-state index is 0.309. The van der Waals surface area contributed by atoms with Crippen LogP contribution in [0.15, 0.2) is 30.7 Å². The SMILES string of the molecule is O=Cc1cn(-c2cccnc2)nn1. The standard InChI is InChI=1S/C8H6N4O/c13-6-7-5-12(11-10-7)8-2-1-3-9-4-8/h1-6H. The van der Waals surface area contributed by atoms with E-state index in [2.05, 4.69) is 15.3 Å². The number of hydrogen-bond donors (Lipinski definition) is 0. The Balaban J connectivity index is 2.41. The summed E-state index contributed by atoms with van der Waals surface area (Å²) in [6, 6.07) is 3.62. The molecule has 0 saturated carbocycles. The van der Waals surface area contributed by atoms with E-state index >= 15 is 0 Å². The molecule has 5 heteroatoms. The van der Waals surface area contributed by atoms with Crippen LogP contribution in [0.2, 0.25) is 0 Å². The highest BCUT2D eigenvalue weighted by molar-refractivity contribution is 5.70. The van der Waals surface area contributed by atoms with Crippen molar-refractivity contribution in [2.45, 2.75) is 0 Å². The topological polar surface area (TPSA) is 60.7 Å². The maximum Gasteiger partial charge on any atom is 0.171 e. The molecule has 0 unspecified atom stereocenters. The number of carbonyl (C=O) groups excluding carboxylic acids is 1. The molecule has 0 spiro atoms. The van der Waals surface area contributed by atoms with E-state index < -0.39 is 0 Å². The smallest absolute Gasteiger partial charge is 0.171 e. The summed E-state index contributed by atoms with van der Waals surface area (Å²) in [5.41, 5.74) is 1.09. The highest BCUT2D eigenvalue weighted by Gasteiger charge is 1.99. The first-order chi connectivity index (χ1) is 6.40. The Hall–Kier alpha value is -2.04. The summed E-state index contributed by atoms with van der Waals surface area (Å²) in [4.78, 5) is 14.2. The minimum Gasteiger partial charge on any atom is -0.296 e. The predicted octanol–water partition coefficient (Wildman–Crippen LogP) is 0.475. The van der Waals surface area contributed by atoms with Gasteiger partial charge in [-0.1, -0.05) is 5.21 Å². The molecular formula is C8H6N4O. The molecule has 0 aliphatic heterocycles.